The number of carbonyl (C=O) groups is 2. The Balaban J connectivity index is 4.65. The Kier molecular flexibility index (Phi) is 10.0. The third kappa shape index (κ3) is 11.6. The second-order valence-corrected chi connectivity index (χ2v) is 7.98. The van der Waals surface area contributed by atoms with E-state index in [0.717, 1.165) is 0 Å². The van der Waals surface area contributed by atoms with Gasteiger partial charge in [-0.25, -0.2) is 4.57 Å². The largest absolute Gasteiger partial charge is 0.550 e. The Morgan fingerprint density at radius 3 is 2.12 bits per heavy atom. The monoisotopic (exact) mass is 403 g/mol. The third-order valence-electron chi connectivity index (χ3n) is 3.07. The van der Waals surface area contributed by atoms with Crippen molar-refractivity contribution in [3.05, 3.63) is 0 Å². The van der Waals surface area contributed by atoms with Gasteiger partial charge in [-0.1, -0.05) is 0 Å². The molecule has 154 valence electrons. The molecule has 0 heterocycles. The SMILES string of the molecule is C[N+](C)(C)CC(CC(=O)[O-])OCC(=O)[C@@H](O)[C@H](O)[C@H](O)COP(=O)(O)O. The summed E-state index contributed by atoms with van der Waals surface area (Å²) in [5.74, 6) is -2.45. The molecular weight excluding hydrogens is 377 g/mol. The summed E-state index contributed by atoms with van der Waals surface area (Å²) < 4.78 is 20.0. The van der Waals surface area contributed by atoms with Gasteiger partial charge in [-0.3, -0.25) is 9.32 Å². The van der Waals surface area contributed by atoms with E-state index in [9.17, 15) is 34.6 Å². The van der Waals surface area contributed by atoms with Crippen LogP contribution in [0.3, 0.4) is 0 Å². The van der Waals surface area contributed by atoms with E-state index in [4.69, 9.17) is 14.5 Å². The van der Waals surface area contributed by atoms with Crippen LogP contribution in [0.2, 0.25) is 0 Å². The zero-order chi connectivity index (χ0) is 20.7. The molecule has 0 spiro atoms. The number of likely N-dealkylation sites (N-methyl/N-ethyl adjacent to an activating group) is 1. The van der Waals surface area contributed by atoms with Crippen LogP contribution < -0.4 is 5.11 Å². The minimum absolute atomic E-state index is 0.221. The fraction of sp³-hybridized carbons (Fsp3) is 0.846. The van der Waals surface area contributed by atoms with Crippen molar-refractivity contribution in [2.24, 2.45) is 0 Å². The maximum atomic E-state index is 11.8. The Hall–Kier alpha value is -0.950. The van der Waals surface area contributed by atoms with Crippen LogP contribution in [-0.4, -0.2) is 107 Å². The molecule has 0 saturated carbocycles. The molecule has 0 aromatic rings. The molecule has 13 heteroatoms. The first-order valence-electron chi connectivity index (χ1n) is 7.51. The van der Waals surface area contributed by atoms with E-state index in [2.05, 4.69) is 4.52 Å². The summed E-state index contributed by atoms with van der Waals surface area (Å²) in [7, 11) is 0.403. The Morgan fingerprint density at radius 2 is 1.69 bits per heavy atom. The summed E-state index contributed by atoms with van der Waals surface area (Å²) in [5.41, 5.74) is 0. The van der Waals surface area contributed by atoms with Crippen molar-refractivity contribution >= 4 is 19.6 Å². The van der Waals surface area contributed by atoms with E-state index in [1.165, 1.54) is 0 Å². The number of ether oxygens (including phenoxy) is 1. The van der Waals surface area contributed by atoms with Crippen LogP contribution in [0.4, 0.5) is 0 Å². The number of aliphatic hydroxyl groups is 3. The lowest BCUT2D eigenvalue weighted by molar-refractivity contribution is -0.873. The zero-order valence-electron chi connectivity index (χ0n) is 14.7. The number of Topliss-reactive ketones (excluding diaryl/α,β-unsaturated/α-hetero) is 1. The highest BCUT2D eigenvalue weighted by atomic mass is 31.2. The highest BCUT2D eigenvalue weighted by Crippen LogP contribution is 2.35. The smallest absolute Gasteiger partial charge is 0.469 e. The summed E-state index contributed by atoms with van der Waals surface area (Å²) >= 11 is 0. The molecule has 4 atom stereocenters. The molecule has 5 N–H and O–H groups in total. The molecule has 0 radical (unpaired) electrons. The van der Waals surface area contributed by atoms with E-state index in [1.807, 2.05) is 0 Å². The quantitative estimate of drug-likeness (QED) is 0.148. The maximum absolute atomic E-state index is 11.8. The predicted octanol–water partition coefficient (Wildman–Crippen LogP) is -4.02. The number of ketones is 1. The molecule has 0 aliphatic rings. The van der Waals surface area contributed by atoms with Gasteiger partial charge in [-0.2, -0.15) is 0 Å². The number of phosphoric acid groups is 1. The standard InChI is InChI=1S/C13H26NO11P/c1-14(2,3)5-8(4-11(17)18)24-6-9(15)12(19)13(20)10(16)7-25-26(21,22)23/h8,10,12-13,16,19-20H,4-7H2,1-3H3,(H2-,17,18,21,22,23)/t8?,10-,12-,13-/m1/s1. The Labute approximate surface area is 150 Å². The predicted molar refractivity (Wildman–Crippen MR) is 83.3 cm³/mol. The summed E-state index contributed by atoms with van der Waals surface area (Å²) in [5, 5.41) is 39.6. The van der Waals surface area contributed by atoms with Gasteiger partial charge >= 0.3 is 7.82 Å². The van der Waals surface area contributed by atoms with E-state index in [-0.39, 0.29) is 6.54 Å². The van der Waals surface area contributed by atoms with Crippen LogP contribution in [0.1, 0.15) is 6.42 Å². The number of quaternary nitrogens is 1. The van der Waals surface area contributed by atoms with Crippen LogP contribution in [0.5, 0.6) is 0 Å². The second kappa shape index (κ2) is 10.4. The summed E-state index contributed by atoms with van der Waals surface area (Å²) in [6.07, 6.45) is -7.54. The topological polar surface area (TPSA) is 194 Å². The lowest BCUT2D eigenvalue weighted by Gasteiger charge is -2.29. The first kappa shape index (κ1) is 25.1. The van der Waals surface area contributed by atoms with Crippen LogP contribution in [0, 0.1) is 0 Å². The molecule has 0 aromatic carbocycles. The average molecular weight is 403 g/mol. The maximum Gasteiger partial charge on any atom is 0.469 e. The van der Waals surface area contributed by atoms with Gasteiger partial charge in [0.15, 0.2) is 5.78 Å². The number of hydrogen-bond acceptors (Lipinski definition) is 9. The van der Waals surface area contributed by atoms with Gasteiger partial charge in [-0.15, -0.1) is 0 Å². The van der Waals surface area contributed by atoms with Gasteiger partial charge in [0.05, 0.1) is 27.7 Å². The molecule has 0 aliphatic heterocycles. The number of aliphatic hydroxyl groups excluding tert-OH is 3. The zero-order valence-corrected chi connectivity index (χ0v) is 15.6. The highest BCUT2D eigenvalue weighted by molar-refractivity contribution is 7.46. The molecule has 0 bridgehead atoms. The normalized spacial score (nSPS) is 17.4. The molecule has 0 amide bonds. The van der Waals surface area contributed by atoms with Crippen molar-refractivity contribution in [1.29, 1.82) is 0 Å². The first-order valence-corrected chi connectivity index (χ1v) is 9.04. The molecule has 0 fully saturated rings. The van der Waals surface area contributed by atoms with Gasteiger partial charge in [0.1, 0.15) is 37.6 Å². The van der Waals surface area contributed by atoms with Crippen molar-refractivity contribution < 1.29 is 58.1 Å². The molecular formula is C13H26NO11P. The lowest BCUT2D eigenvalue weighted by Crippen LogP contribution is -2.47. The lowest BCUT2D eigenvalue weighted by atomic mass is 10.1. The number of carboxylic acids is 1. The van der Waals surface area contributed by atoms with Crippen molar-refractivity contribution in [1.82, 2.24) is 0 Å². The summed E-state index contributed by atoms with van der Waals surface area (Å²) in [6, 6.07) is 0. The number of rotatable bonds is 13. The Morgan fingerprint density at radius 1 is 1.15 bits per heavy atom. The van der Waals surface area contributed by atoms with Gasteiger partial charge in [0.2, 0.25) is 0 Å². The van der Waals surface area contributed by atoms with Crippen molar-refractivity contribution in [2.45, 2.75) is 30.8 Å². The van der Waals surface area contributed by atoms with E-state index in [0.29, 0.717) is 4.48 Å². The van der Waals surface area contributed by atoms with Crippen molar-refractivity contribution in [3.8, 4) is 0 Å². The Bertz CT molecular complexity index is 515. The molecule has 12 nitrogen and oxygen atoms in total. The molecule has 0 rings (SSSR count). The van der Waals surface area contributed by atoms with Crippen LogP contribution in [0.25, 0.3) is 0 Å². The van der Waals surface area contributed by atoms with E-state index >= 15 is 0 Å². The molecule has 0 aromatic heterocycles. The van der Waals surface area contributed by atoms with Gasteiger partial charge in [0, 0.05) is 12.4 Å². The number of phosphoric ester groups is 1. The number of carbonyl (C=O) groups excluding carboxylic acids is 2. The van der Waals surface area contributed by atoms with Gasteiger partial charge in [-0.05, 0) is 0 Å². The molecule has 0 saturated heterocycles. The van der Waals surface area contributed by atoms with Crippen LogP contribution in [-0.2, 0) is 23.4 Å². The van der Waals surface area contributed by atoms with E-state index < -0.39 is 63.6 Å². The summed E-state index contributed by atoms with van der Waals surface area (Å²) in [6.45, 7) is -1.55. The van der Waals surface area contributed by atoms with Crippen molar-refractivity contribution in [2.75, 3.05) is 40.9 Å². The molecule has 0 aliphatic carbocycles. The van der Waals surface area contributed by atoms with Gasteiger partial charge < -0.3 is 44.2 Å². The molecule has 26 heavy (non-hydrogen) atoms. The average Bonchev–Trinajstić information content (AvgIpc) is 2.45. The minimum atomic E-state index is -4.90. The van der Waals surface area contributed by atoms with Crippen LogP contribution in [0.15, 0.2) is 0 Å². The number of hydrogen-bond donors (Lipinski definition) is 5. The van der Waals surface area contributed by atoms with Crippen molar-refractivity contribution in [3.63, 3.8) is 0 Å². The van der Waals surface area contributed by atoms with E-state index in [1.54, 1.807) is 21.1 Å². The van der Waals surface area contributed by atoms with Crippen LogP contribution >= 0.6 is 7.82 Å². The highest BCUT2D eigenvalue weighted by Gasteiger charge is 2.32. The number of carboxylic acid groups (broad SMARTS) is 1. The summed E-state index contributed by atoms with van der Waals surface area (Å²) in [4.78, 5) is 39.6. The first-order chi connectivity index (χ1) is 11.6. The second-order valence-electron chi connectivity index (χ2n) is 6.74. The third-order valence-corrected chi connectivity index (χ3v) is 3.55. The fourth-order valence-corrected chi connectivity index (χ4v) is 2.28. The minimum Gasteiger partial charge on any atom is -0.550 e. The number of aliphatic carboxylic acids is 1. The number of nitrogens with zero attached hydrogens (tertiary/aromatic N) is 1. The fourth-order valence-electron chi connectivity index (χ4n) is 1.93. The molecule has 1 unspecified atom stereocenters. The van der Waals surface area contributed by atoms with Gasteiger partial charge in [0.25, 0.3) is 0 Å².